The van der Waals surface area contributed by atoms with Gasteiger partial charge in [-0.2, -0.15) is 0 Å². The summed E-state index contributed by atoms with van der Waals surface area (Å²) >= 11 is 0. The van der Waals surface area contributed by atoms with Gasteiger partial charge in [0.1, 0.15) is 24.1 Å². The lowest BCUT2D eigenvalue weighted by Crippen LogP contribution is -2.70. The maximum absolute atomic E-state index is 12.3. The molecule has 256 valence electrons. The van der Waals surface area contributed by atoms with Crippen LogP contribution in [0.3, 0.4) is 0 Å². The lowest BCUT2D eigenvalue weighted by molar-refractivity contribution is -0.360. The van der Waals surface area contributed by atoms with Crippen LogP contribution in [-0.2, 0) is 30.1 Å². The Morgan fingerprint density at radius 1 is 0.826 bits per heavy atom. The van der Waals surface area contributed by atoms with E-state index in [1.165, 1.54) is 0 Å². The van der Waals surface area contributed by atoms with E-state index >= 15 is 0 Å². The molecule has 4 rings (SSSR count). The van der Waals surface area contributed by atoms with Crippen LogP contribution < -0.4 is 10.1 Å². The molecule has 1 fully saturated rings. The van der Waals surface area contributed by atoms with Crippen molar-refractivity contribution < 1.29 is 33.2 Å². The molecule has 2 aliphatic heterocycles. The molecule has 0 unspecified atom stereocenters. The highest BCUT2D eigenvalue weighted by atomic mass is 16.7. The number of carbonyl (C=O) groups excluding carboxylic acids is 1. The summed E-state index contributed by atoms with van der Waals surface area (Å²) in [6, 6.07) is 13.9. The number of nitrogens with one attached hydrogen (secondary N) is 1. The second-order valence-corrected chi connectivity index (χ2v) is 12.5. The summed E-state index contributed by atoms with van der Waals surface area (Å²) in [6.07, 6.45) is 7.88. The summed E-state index contributed by atoms with van der Waals surface area (Å²) in [4.78, 5) is 12.3. The highest BCUT2D eigenvalue weighted by Crippen LogP contribution is 2.45. The Morgan fingerprint density at radius 2 is 1.48 bits per heavy atom. The van der Waals surface area contributed by atoms with Crippen LogP contribution in [0.2, 0.25) is 0 Å². The number of hydrogen-bond acceptors (Lipinski definition) is 7. The smallest absolute Gasteiger partial charge is 0.251 e. The molecule has 5 atom stereocenters. The monoisotopic (exact) mass is 639 g/mol. The zero-order valence-corrected chi connectivity index (χ0v) is 28.8. The van der Waals surface area contributed by atoms with Crippen LogP contribution in [-0.4, -0.2) is 76.2 Å². The van der Waals surface area contributed by atoms with Crippen molar-refractivity contribution in [3.05, 3.63) is 53.6 Å². The third kappa shape index (κ3) is 9.32. The Hall–Kier alpha value is -2.49. The van der Waals surface area contributed by atoms with Crippen molar-refractivity contribution >= 4 is 5.91 Å². The van der Waals surface area contributed by atoms with E-state index in [0.717, 1.165) is 80.2 Å². The Morgan fingerprint density at radius 3 is 2.17 bits per heavy atom. The predicted octanol–water partition coefficient (Wildman–Crippen LogP) is 7.51. The van der Waals surface area contributed by atoms with Gasteiger partial charge in [-0.1, -0.05) is 71.6 Å². The number of unbranched alkanes of at least 4 members (excludes halogenated alkanes) is 4. The molecule has 2 aromatic rings. The fourth-order valence-corrected chi connectivity index (χ4v) is 6.16. The number of hydrogen-bond donors (Lipinski definition) is 1. The molecule has 1 amide bonds. The fraction of sp³-hybridized carbons (Fsp3) is 0.658. The summed E-state index contributed by atoms with van der Waals surface area (Å²) in [5, 5.41) is 2.71. The Labute approximate surface area is 276 Å². The molecule has 46 heavy (non-hydrogen) atoms. The van der Waals surface area contributed by atoms with E-state index < -0.39 is 11.9 Å². The zero-order valence-electron chi connectivity index (χ0n) is 28.8. The van der Waals surface area contributed by atoms with Gasteiger partial charge in [-0.15, -0.1) is 0 Å². The maximum Gasteiger partial charge on any atom is 0.251 e. The molecule has 0 bridgehead atoms. The molecular weight excluding hydrogens is 582 g/mol. The average molecular weight is 640 g/mol. The number of fused-ring (bicyclic) bond motifs is 1. The second-order valence-electron chi connectivity index (χ2n) is 12.5. The zero-order chi connectivity index (χ0) is 32.8. The van der Waals surface area contributed by atoms with Crippen LogP contribution >= 0.6 is 0 Å². The molecule has 8 heteroatoms. The van der Waals surface area contributed by atoms with Crippen molar-refractivity contribution in [2.75, 3.05) is 40.1 Å². The summed E-state index contributed by atoms with van der Waals surface area (Å²) in [6.45, 7) is 11.6. The SMILES string of the molecule is CCCCOC[C@H]1O[C@@]2(CCc3cc(-c4cccc(C(=O)NC)c4)ccc3O2)[C@@H](OCCCC)[C@@H](OCCCC)[C@@H]1OCCCC. The van der Waals surface area contributed by atoms with Crippen molar-refractivity contribution in [2.24, 2.45) is 0 Å². The Kier molecular flexibility index (Phi) is 14.8. The van der Waals surface area contributed by atoms with Gasteiger partial charge in [0.2, 0.25) is 5.79 Å². The normalized spacial score (nSPS) is 24.0. The Balaban J connectivity index is 1.67. The van der Waals surface area contributed by atoms with E-state index in [2.05, 4.69) is 39.1 Å². The van der Waals surface area contributed by atoms with Gasteiger partial charge in [0.05, 0.1) is 6.61 Å². The molecule has 1 spiro atoms. The fourth-order valence-electron chi connectivity index (χ4n) is 6.16. The molecule has 0 radical (unpaired) electrons. The van der Waals surface area contributed by atoms with E-state index in [1.54, 1.807) is 7.05 Å². The van der Waals surface area contributed by atoms with Crippen LogP contribution in [0.4, 0.5) is 0 Å². The van der Waals surface area contributed by atoms with E-state index in [1.807, 2.05) is 36.4 Å². The van der Waals surface area contributed by atoms with Gasteiger partial charge in [0.15, 0.2) is 6.10 Å². The van der Waals surface area contributed by atoms with Crippen LogP contribution in [0.5, 0.6) is 5.75 Å². The van der Waals surface area contributed by atoms with Crippen LogP contribution in [0.15, 0.2) is 42.5 Å². The number of rotatable bonds is 19. The first-order chi connectivity index (χ1) is 22.5. The summed E-state index contributed by atoms with van der Waals surface area (Å²) in [5.41, 5.74) is 3.76. The second kappa shape index (κ2) is 18.7. The van der Waals surface area contributed by atoms with Gasteiger partial charge < -0.3 is 33.7 Å². The molecule has 2 aliphatic rings. The van der Waals surface area contributed by atoms with Crippen molar-refractivity contribution in [3.8, 4) is 16.9 Å². The topological polar surface area (TPSA) is 84.5 Å². The standard InChI is InChI=1S/C38H57NO7/c1-6-10-21-41-27-33-34(42-22-11-7-2)35(43-23-12-8-3)36(44-24-13-9-4)38(46-33)20-19-30-25-29(17-18-32(30)45-38)28-15-14-16-31(26-28)37(40)39-5/h14-18,25-26,33-36H,6-13,19-24,27H2,1-5H3,(H,39,40)/t33-,34-,35+,36+,38+/m1/s1. The molecule has 8 nitrogen and oxygen atoms in total. The van der Waals surface area contributed by atoms with Crippen molar-refractivity contribution in [3.63, 3.8) is 0 Å². The van der Waals surface area contributed by atoms with Gasteiger partial charge in [0, 0.05) is 45.5 Å². The molecule has 1 N–H and O–H groups in total. The largest absolute Gasteiger partial charge is 0.459 e. The molecule has 0 aromatic heterocycles. The first-order valence-corrected chi connectivity index (χ1v) is 17.7. The van der Waals surface area contributed by atoms with Gasteiger partial charge >= 0.3 is 0 Å². The number of aryl methyl sites for hydroxylation is 1. The van der Waals surface area contributed by atoms with Crippen molar-refractivity contribution in [2.45, 2.75) is 122 Å². The molecule has 2 aromatic carbocycles. The van der Waals surface area contributed by atoms with Gasteiger partial charge in [-0.05, 0) is 73.1 Å². The Bertz CT molecular complexity index is 1210. The molecule has 2 heterocycles. The molecular formula is C38H57NO7. The quantitative estimate of drug-likeness (QED) is 0.159. The van der Waals surface area contributed by atoms with E-state index in [4.69, 9.17) is 28.4 Å². The summed E-state index contributed by atoms with van der Waals surface area (Å²) < 4.78 is 40.1. The van der Waals surface area contributed by atoms with Crippen molar-refractivity contribution in [1.29, 1.82) is 0 Å². The van der Waals surface area contributed by atoms with Gasteiger partial charge in [-0.25, -0.2) is 0 Å². The first kappa shape index (κ1) is 36.3. The molecule has 0 saturated carbocycles. The lowest BCUT2D eigenvalue weighted by Gasteiger charge is -2.53. The molecule has 0 aliphatic carbocycles. The predicted molar refractivity (Wildman–Crippen MR) is 181 cm³/mol. The minimum Gasteiger partial charge on any atom is -0.459 e. The van der Waals surface area contributed by atoms with E-state index in [-0.39, 0.29) is 24.2 Å². The first-order valence-electron chi connectivity index (χ1n) is 17.7. The minimum absolute atomic E-state index is 0.102. The number of benzene rings is 2. The van der Waals surface area contributed by atoms with Crippen LogP contribution in [0.25, 0.3) is 11.1 Å². The van der Waals surface area contributed by atoms with E-state index in [9.17, 15) is 4.79 Å². The highest BCUT2D eigenvalue weighted by molar-refractivity contribution is 5.95. The van der Waals surface area contributed by atoms with Crippen molar-refractivity contribution in [1.82, 2.24) is 5.32 Å². The number of amides is 1. The number of carbonyl (C=O) groups is 1. The van der Waals surface area contributed by atoms with Gasteiger partial charge in [0.25, 0.3) is 5.91 Å². The van der Waals surface area contributed by atoms with Crippen LogP contribution in [0.1, 0.15) is 101 Å². The number of ether oxygens (including phenoxy) is 6. The van der Waals surface area contributed by atoms with Crippen LogP contribution in [0, 0.1) is 0 Å². The summed E-state index contributed by atoms with van der Waals surface area (Å²) in [5.74, 6) is -0.360. The molecule has 1 saturated heterocycles. The minimum atomic E-state index is -1.04. The lowest BCUT2D eigenvalue weighted by atomic mass is 9.85. The summed E-state index contributed by atoms with van der Waals surface area (Å²) in [7, 11) is 1.65. The van der Waals surface area contributed by atoms with Gasteiger partial charge in [-0.3, -0.25) is 4.79 Å². The highest BCUT2D eigenvalue weighted by Gasteiger charge is 2.59. The third-order valence-corrected chi connectivity index (χ3v) is 8.88. The average Bonchev–Trinajstić information content (AvgIpc) is 3.08. The maximum atomic E-state index is 12.3. The third-order valence-electron chi connectivity index (χ3n) is 8.88. The van der Waals surface area contributed by atoms with E-state index in [0.29, 0.717) is 45.0 Å².